The van der Waals surface area contributed by atoms with Crippen molar-refractivity contribution in [2.45, 2.75) is 58.5 Å². The zero-order valence-corrected chi connectivity index (χ0v) is 12.7. The Morgan fingerprint density at radius 3 is 2.53 bits per heavy atom. The fraction of sp³-hybridized carbons (Fsp3) is 0.714. The molecule has 5 nitrogen and oxygen atoms in total. The molecule has 0 aliphatic heterocycles. The summed E-state index contributed by atoms with van der Waals surface area (Å²) in [6.07, 6.45) is 2.68. The first-order valence-corrected chi connectivity index (χ1v) is 6.69. The Bertz CT molecular complexity index is 446. The number of nitrogens with one attached hydrogen (secondary N) is 1. The van der Waals surface area contributed by atoms with E-state index in [1.165, 1.54) is 0 Å². The van der Waals surface area contributed by atoms with Crippen molar-refractivity contribution in [1.82, 2.24) is 15.1 Å². The van der Waals surface area contributed by atoms with Gasteiger partial charge in [0.25, 0.3) is 0 Å². The number of hydrogen-bond donors (Lipinski definition) is 2. The van der Waals surface area contributed by atoms with Crippen LogP contribution in [0.3, 0.4) is 0 Å². The fourth-order valence-corrected chi connectivity index (χ4v) is 2.00. The highest BCUT2D eigenvalue weighted by Crippen LogP contribution is 2.28. The van der Waals surface area contributed by atoms with Gasteiger partial charge in [0.15, 0.2) is 0 Å². The number of aliphatic carboxylic acids is 1. The molecule has 0 saturated heterocycles. The van der Waals surface area contributed by atoms with Crippen molar-refractivity contribution in [3.05, 3.63) is 17.5 Å². The van der Waals surface area contributed by atoms with Gasteiger partial charge >= 0.3 is 5.97 Å². The molecule has 19 heavy (non-hydrogen) atoms. The van der Waals surface area contributed by atoms with Crippen LogP contribution in [0, 0.1) is 0 Å². The van der Waals surface area contributed by atoms with E-state index in [4.69, 9.17) is 0 Å². The van der Waals surface area contributed by atoms with E-state index in [1.54, 1.807) is 10.9 Å². The molecule has 108 valence electrons. The van der Waals surface area contributed by atoms with E-state index in [0.29, 0.717) is 0 Å². The van der Waals surface area contributed by atoms with Crippen LogP contribution in [0.15, 0.2) is 6.20 Å². The summed E-state index contributed by atoms with van der Waals surface area (Å²) in [5.41, 5.74) is 1.41. The number of nitrogens with zero attached hydrogens (tertiary/aromatic N) is 2. The predicted octanol–water partition coefficient (Wildman–Crippen LogP) is 2.23. The number of aromatic nitrogens is 2. The summed E-state index contributed by atoms with van der Waals surface area (Å²) < 4.78 is 1.68. The standard InChI is InChI=1S/C14H25N3O2/c1-7-9(2)15-11(13(18)19)10-8-17(6)16-12(10)14(3,4)5/h8-9,11,15H,7H2,1-6H3,(H,18,19). The number of carboxylic acid groups (broad SMARTS) is 1. The van der Waals surface area contributed by atoms with Crippen LogP contribution in [0.25, 0.3) is 0 Å². The minimum atomic E-state index is -0.862. The molecule has 1 heterocycles. The molecule has 1 aromatic rings. The van der Waals surface area contributed by atoms with Gasteiger partial charge in [0.2, 0.25) is 0 Å². The summed E-state index contributed by atoms with van der Waals surface area (Å²) in [6, 6.07) is -0.563. The molecule has 0 aliphatic rings. The van der Waals surface area contributed by atoms with Gasteiger partial charge in [-0.1, -0.05) is 27.7 Å². The minimum absolute atomic E-state index is 0.147. The van der Waals surface area contributed by atoms with Gasteiger partial charge in [0.1, 0.15) is 6.04 Å². The van der Waals surface area contributed by atoms with Gasteiger partial charge in [-0.15, -0.1) is 0 Å². The van der Waals surface area contributed by atoms with Crippen molar-refractivity contribution in [3.8, 4) is 0 Å². The highest BCUT2D eigenvalue weighted by Gasteiger charge is 2.30. The summed E-state index contributed by atoms with van der Waals surface area (Å²) in [5, 5.41) is 17.1. The van der Waals surface area contributed by atoms with Crippen molar-refractivity contribution in [2.24, 2.45) is 7.05 Å². The molecule has 0 fully saturated rings. The van der Waals surface area contributed by atoms with Crippen molar-refractivity contribution >= 4 is 5.97 Å². The lowest BCUT2D eigenvalue weighted by atomic mass is 9.87. The molecular formula is C14H25N3O2. The highest BCUT2D eigenvalue weighted by atomic mass is 16.4. The van der Waals surface area contributed by atoms with Crippen LogP contribution in [0.2, 0.25) is 0 Å². The minimum Gasteiger partial charge on any atom is -0.480 e. The SMILES string of the molecule is CCC(C)NC(C(=O)O)c1cn(C)nc1C(C)(C)C. The molecule has 0 radical (unpaired) electrons. The van der Waals surface area contributed by atoms with Gasteiger partial charge < -0.3 is 5.11 Å². The lowest BCUT2D eigenvalue weighted by Crippen LogP contribution is -2.36. The number of aryl methyl sites for hydroxylation is 1. The van der Waals surface area contributed by atoms with Crippen LogP contribution in [0.4, 0.5) is 0 Å². The maximum absolute atomic E-state index is 11.5. The Kier molecular flexibility index (Phi) is 4.74. The number of rotatable bonds is 5. The van der Waals surface area contributed by atoms with E-state index in [1.807, 2.05) is 41.7 Å². The van der Waals surface area contributed by atoms with E-state index in [9.17, 15) is 9.90 Å². The quantitative estimate of drug-likeness (QED) is 0.858. The first-order valence-electron chi connectivity index (χ1n) is 6.69. The van der Waals surface area contributed by atoms with Crippen molar-refractivity contribution in [2.75, 3.05) is 0 Å². The Labute approximate surface area is 115 Å². The molecule has 0 aliphatic carbocycles. The zero-order chi connectivity index (χ0) is 14.8. The van der Waals surface area contributed by atoms with Gasteiger partial charge in [-0.25, -0.2) is 0 Å². The topological polar surface area (TPSA) is 67.2 Å². The molecule has 0 aromatic carbocycles. The van der Waals surface area contributed by atoms with Crippen LogP contribution < -0.4 is 5.32 Å². The predicted molar refractivity (Wildman–Crippen MR) is 75.2 cm³/mol. The van der Waals surface area contributed by atoms with Crippen molar-refractivity contribution in [1.29, 1.82) is 0 Å². The molecule has 2 unspecified atom stereocenters. The lowest BCUT2D eigenvalue weighted by molar-refractivity contribution is -0.139. The Balaban J connectivity index is 3.20. The molecule has 1 aromatic heterocycles. The maximum atomic E-state index is 11.5. The van der Waals surface area contributed by atoms with Crippen LogP contribution in [-0.2, 0) is 17.3 Å². The average Bonchev–Trinajstić information content (AvgIpc) is 2.66. The van der Waals surface area contributed by atoms with Gasteiger partial charge in [0, 0.05) is 30.3 Å². The monoisotopic (exact) mass is 267 g/mol. The molecule has 2 N–H and O–H groups in total. The van der Waals surface area contributed by atoms with Crippen molar-refractivity contribution in [3.63, 3.8) is 0 Å². The van der Waals surface area contributed by atoms with Gasteiger partial charge in [-0.2, -0.15) is 5.10 Å². The van der Waals surface area contributed by atoms with Crippen molar-refractivity contribution < 1.29 is 9.90 Å². The Morgan fingerprint density at radius 2 is 2.11 bits per heavy atom. The van der Waals surface area contributed by atoms with Gasteiger partial charge in [0.05, 0.1) is 5.69 Å². The van der Waals surface area contributed by atoms with E-state index in [2.05, 4.69) is 10.4 Å². The van der Waals surface area contributed by atoms with E-state index >= 15 is 0 Å². The smallest absolute Gasteiger partial charge is 0.325 e. The summed E-state index contributed by atoms with van der Waals surface area (Å²) >= 11 is 0. The molecule has 0 bridgehead atoms. The van der Waals surface area contributed by atoms with Crippen LogP contribution in [0.5, 0.6) is 0 Å². The fourth-order valence-electron chi connectivity index (χ4n) is 2.00. The molecule has 0 spiro atoms. The van der Waals surface area contributed by atoms with Gasteiger partial charge in [-0.3, -0.25) is 14.8 Å². The Morgan fingerprint density at radius 1 is 1.53 bits per heavy atom. The number of carbonyl (C=O) groups is 1. The summed E-state index contributed by atoms with van der Waals surface area (Å²) in [4.78, 5) is 11.5. The molecule has 2 atom stereocenters. The first kappa shape index (κ1) is 15.7. The number of hydrogen-bond acceptors (Lipinski definition) is 3. The van der Waals surface area contributed by atoms with Crippen LogP contribution >= 0.6 is 0 Å². The van der Waals surface area contributed by atoms with Crippen LogP contribution in [-0.4, -0.2) is 26.9 Å². The van der Waals surface area contributed by atoms with E-state index in [-0.39, 0.29) is 11.5 Å². The van der Waals surface area contributed by atoms with E-state index < -0.39 is 12.0 Å². The number of carboxylic acids is 1. The Hall–Kier alpha value is -1.36. The maximum Gasteiger partial charge on any atom is 0.325 e. The van der Waals surface area contributed by atoms with Gasteiger partial charge in [-0.05, 0) is 13.3 Å². The third kappa shape index (κ3) is 3.80. The highest BCUT2D eigenvalue weighted by molar-refractivity contribution is 5.76. The summed E-state index contributed by atoms with van der Waals surface area (Å²) in [6.45, 7) is 10.1. The third-order valence-electron chi connectivity index (χ3n) is 3.19. The third-order valence-corrected chi connectivity index (χ3v) is 3.19. The molecule has 5 heteroatoms. The zero-order valence-electron chi connectivity index (χ0n) is 12.7. The largest absolute Gasteiger partial charge is 0.480 e. The normalized spacial score (nSPS) is 15.3. The molecule has 1 rings (SSSR count). The average molecular weight is 267 g/mol. The van der Waals surface area contributed by atoms with Crippen LogP contribution in [0.1, 0.15) is 58.3 Å². The summed E-state index contributed by atoms with van der Waals surface area (Å²) in [7, 11) is 1.82. The lowest BCUT2D eigenvalue weighted by Gasteiger charge is -2.23. The van der Waals surface area contributed by atoms with E-state index in [0.717, 1.165) is 17.7 Å². The summed E-state index contributed by atoms with van der Waals surface area (Å²) in [5.74, 6) is -0.862. The first-order chi connectivity index (χ1) is 8.66. The molecular weight excluding hydrogens is 242 g/mol. The second-order valence-electron chi connectivity index (χ2n) is 6.10. The second kappa shape index (κ2) is 5.74. The molecule has 0 amide bonds. The molecule has 0 saturated carbocycles. The second-order valence-corrected chi connectivity index (χ2v) is 6.10.